The van der Waals surface area contributed by atoms with E-state index in [-0.39, 0.29) is 5.91 Å². The first kappa shape index (κ1) is 20.4. The van der Waals surface area contributed by atoms with Gasteiger partial charge >= 0.3 is 0 Å². The molecule has 0 saturated carbocycles. The molecule has 3 rings (SSSR count). The molecule has 2 heterocycles. The van der Waals surface area contributed by atoms with E-state index in [2.05, 4.69) is 15.1 Å². The van der Waals surface area contributed by atoms with Crippen LogP contribution in [0.1, 0.15) is 23.3 Å². The lowest BCUT2D eigenvalue weighted by Gasteiger charge is -2.33. The van der Waals surface area contributed by atoms with E-state index in [0.717, 1.165) is 62.6 Å². The number of H-pyrrole nitrogens is 1. The molecule has 28 heavy (non-hydrogen) atoms. The van der Waals surface area contributed by atoms with E-state index in [1.807, 2.05) is 37.4 Å². The molecule has 7 heteroatoms. The van der Waals surface area contributed by atoms with E-state index in [4.69, 9.17) is 9.47 Å². The summed E-state index contributed by atoms with van der Waals surface area (Å²) in [5, 5.41) is 7.19. The molecule has 1 aromatic carbocycles. The summed E-state index contributed by atoms with van der Waals surface area (Å²) in [6.07, 6.45) is 2.23. The van der Waals surface area contributed by atoms with Gasteiger partial charge in [0.25, 0.3) is 5.91 Å². The molecule has 1 fully saturated rings. The Bertz CT molecular complexity index is 751. The lowest BCUT2D eigenvalue weighted by atomic mass is 9.96. The first-order chi connectivity index (χ1) is 13.6. The fourth-order valence-electron chi connectivity index (χ4n) is 3.63. The Kier molecular flexibility index (Phi) is 7.06. The molecule has 1 aliphatic rings. The van der Waals surface area contributed by atoms with Gasteiger partial charge in [0.15, 0.2) is 0 Å². The maximum atomic E-state index is 12.8. The van der Waals surface area contributed by atoms with Crippen LogP contribution in [0.15, 0.2) is 30.3 Å². The van der Waals surface area contributed by atoms with Crippen LogP contribution in [0.4, 0.5) is 0 Å². The average Bonchev–Trinajstić information content (AvgIpc) is 3.23. The molecule has 2 aromatic rings. The zero-order valence-corrected chi connectivity index (χ0v) is 17.0. The van der Waals surface area contributed by atoms with E-state index >= 15 is 0 Å². The largest absolute Gasteiger partial charge is 0.497 e. The zero-order chi connectivity index (χ0) is 19.9. The first-order valence-electron chi connectivity index (χ1n) is 9.77. The molecule has 152 valence electrons. The van der Waals surface area contributed by atoms with Crippen LogP contribution in [0.3, 0.4) is 0 Å². The molecular weight excluding hydrogens is 356 g/mol. The number of methoxy groups -OCH3 is 2. The summed E-state index contributed by atoms with van der Waals surface area (Å²) in [4.78, 5) is 17.0. The smallest absolute Gasteiger partial charge is 0.271 e. The SMILES string of the molecule is COCCN1CCC(CN(C)C(=O)c2cc(-c3ccc(OC)cc3)n[nH]2)CC1. The number of hydrogen-bond donors (Lipinski definition) is 1. The number of nitrogens with zero attached hydrogens (tertiary/aromatic N) is 3. The molecule has 1 amide bonds. The van der Waals surface area contributed by atoms with Crippen molar-refractivity contribution in [2.45, 2.75) is 12.8 Å². The highest BCUT2D eigenvalue weighted by Gasteiger charge is 2.23. The Labute approximate surface area is 166 Å². The van der Waals surface area contributed by atoms with Gasteiger partial charge in [0, 0.05) is 32.8 Å². The van der Waals surface area contributed by atoms with Crippen molar-refractivity contribution >= 4 is 5.91 Å². The minimum absolute atomic E-state index is 0.0194. The van der Waals surface area contributed by atoms with Crippen LogP contribution in [-0.2, 0) is 4.74 Å². The summed E-state index contributed by atoms with van der Waals surface area (Å²) in [6, 6.07) is 9.45. The number of carbonyl (C=O) groups excluding carboxylic acids is 1. The number of nitrogens with one attached hydrogen (secondary N) is 1. The van der Waals surface area contributed by atoms with Crippen LogP contribution in [0.2, 0.25) is 0 Å². The quantitative estimate of drug-likeness (QED) is 0.755. The molecule has 1 aromatic heterocycles. The van der Waals surface area contributed by atoms with Gasteiger partial charge in [-0.25, -0.2) is 0 Å². The average molecular weight is 386 g/mol. The molecule has 1 N–H and O–H groups in total. The Morgan fingerprint density at radius 3 is 2.61 bits per heavy atom. The number of carbonyl (C=O) groups is 1. The van der Waals surface area contributed by atoms with Crippen LogP contribution < -0.4 is 4.74 Å². The topological polar surface area (TPSA) is 70.7 Å². The highest BCUT2D eigenvalue weighted by Crippen LogP contribution is 2.22. The van der Waals surface area contributed by atoms with E-state index in [1.165, 1.54) is 0 Å². The standard InChI is InChI=1S/C21H30N4O3/c1-24(15-16-8-10-25(11-9-16)12-13-27-2)21(26)20-14-19(22-23-20)17-4-6-18(28-3)7-5-17/h4-7,14,16H,8-13,15H2,1-3H3,(H,22,23). The predicted molar refractivity (Wildman–Crippen MR) is 109 cm³/mol. The van der Waals surface area contributed by atoms with Crippen molar-refractivity contribution in [2.75, 3.05) is 54.1 Å². The summed E-state index contributed by atoms with van der Waals surface area (Å²) < 4.78 is 10.3. The van der Waals surface area contributed by atoms with Crippen LogP contribution in [0.25, 0.3) is 11.3 Å². The molecule has 0 aliphatic carbocycles. The molecule has 0 bridgehead atoms. The molecular formula is C21H30N4O3. The number of amides is 1. The fourth-order valence-corrected chi connectivity index (χ4v) is 3.63. The number of aromatic amines is 1. The molecule has 0 spiro atoms. The fraction of sp³-hybridized carbons (Fsp3) is 0.524. The van der Waals surface area contributed by atoms with Crippen molar-refractivity contribution in [2.24, 2.45) is 5.92 Å². The van der Waals surface area contributed by atoms with Gasteiger partial charge in [-0.1, -0.05) is 0 Å². The van der Waals surface area contributed by atoms with Crippen molar-refractivity contribution in [3.8, 4) is 17.0 Å². The van der Waals surface area contributed by atoms with Crippen molar-refractivity contribution in [3.63, 3.8) is 0 Å². The van der Waals surface area contributed by atoms with Crippen molar-refractivity contribution in [3.05, 3.63) is 36.0 Å². The van der Waals surface area contributed by atoms with Gasteiger partial charge in [0.2, 0.25) is 0 Å². The number of likely N-dealkylation sites (tertiary alicyclic amines) is 1. The number of ether oxygens (including phenoxy) is 2. The summed E-state index contributed by atoms with van der Waals surface area (Å²) in [6.45, 7) is 4.68. The number of piperidine rings is 1. The minimum atomic E-state index is -0.0194. The van der Waals surface area contributed by atoms with Gasteiger partial charge < -0.3 is 19.3 Å². The van der Waals surface area contributed by atoms with E-state index in [9.17, 15) is 4.79 Å². The number of rotatable bonds is 8. The number of hydrogen-bond acceptors (Lipinski definition) is 5. The van der Waals surface area contributed by atoms with Crippen molar-refractivity contribution in [1.29, 1.82) is 0 Å². The van der Waals surface area contributed by atoms with Gasteiger partial charge in [-0.2, -0.15) is 5.10 Å². The van der Waals surface area contributed by atoms with Crippen LogP contribution in [-0.4, -0.2) is 80.0 Å². The molecule has 0 radical (unpaired) electrons. The van der Waals surface area contributed by atoms with E-state index in [1.54, 1.807) is 19.1 Å². The molecule has 7 nitrogen and oxygen atoms in total. The predicted octanol–water partition coefficient (Wildman–Crippen LogP) is 2.52. The van der Waals surface area contributed by atoms with Crippen LogP contribution >= 0.6 is 0 Å². The second-order valence-electron chi connectivity index (χ2n) is 7.36. The maximum absolute atomic E-state index is 12.8. The lowest BCUT2D eigenvalue weighted by Crippen LogP contribution is -2.40. The third-order valence-corrected chi connectivity index (χ3v) is 5.39. The summed E-state index contributed by atoms with van der Waals surface area (Å²) >= 11 is 0. The number of aromatic nitrogens is 2. The summed E-state index contributed by atoms with van der Waals surface area (Å²) in [5.41, 5.74) is 2.22. The Hall–Kier alpha value is -2.38. The Morgan fingerprint density at radius 1 is 1.25 bits per heavy atom. The van der Waals surface area contributed by atoms with Gasteiger partial charge in [-0.05, 0) is 62.2 Å². The van der Waals surface area contributed by atoms with Gasteiger partial charge in [-0.3, -0.25) is 9.89 Å². The Balaban J connectivity index is 1.53. The third kappa shape index (κ3) is 5.11. The van der Waals surface area contributed by atoms with Crippen molar-refractivity contribution < 1.29 is 14.3 Å². The van der Waals surface area contributed by atoms with Gasteiger partial charge in [0.1, 0.15) is 11.4 Å². The van der Waals surface area contributed by atoms with Crippen LogP contribution in [0, 0.1) is 5.92 Å². The minimum Gasteiger partial charge on any atom is -0.497 e. The monoisotopic (exact) mass is 386 g/mol. The maximum Gasteiger partial charge on any atom is 0.271 e. The normalized spacial score (nSPS) is 15.5. The second-order valence-corrected chi connectivity index (χ2v) is 7.36. The van der Waals surface area contributed by atoms with Gasteiger partial charge in [-0.15, -0.1) is 0 Å². The summed E-state index contributed by atoms with van der Waals surface area (Å²) in [5.74, 6) is 1.31. The molecule has 1 saturated heterocycles. The first-order valence-corrected chi connectivity index (χ1v) is 9.77. The highest BCUT2D eigenvalue weighted by molar-refractivity contribution is 5.93. The zero-order valence-electron chi connectivity index (χ0n) is 17.0. The van der Waals surface area contributed by atoms with Gasteiger partial charge in [0.05, 0.1) is 19.4 Å². The summed E-state index contributed by atoms with van der Waals surface area (Å²) in [7, 11) is 5.25. The van der Waals surface area contributed by atoms with Crippen LogP contribution in [0.5, 0.6) is 5.75 Å². The number of benzene rings is 1. The highest BCUT2D eigenvalue weighted by atomic mass is 16.5. The molecule has 0 atom stereocenters. The van der Waals surface area contributed by atoms with E-state index in [0.29, 0.717) is 11.6 Å². The third-order valence-electron chi connectivity index (χ3n) is 5.39. The Morgan fingerprint density at radius 2 is 1.96 bits per heavy atom. The molecule has 1 aliphatic heterocycles. The lowest BCUT2D eigenvalue weighted by molar-refractivity contribution is 0.0718. The van der Waals surface area contributed by atoms with E-state index < -0.39 is 0 Å². The molecule has 0 unspecified atom stereocenters. The second kappa shape index (κ2) is 9.71. The van der Waals surface area contributed by atoms with Crippen molar-refractivity contribution in [1.82, 2.24) is 20.0 Å².